The number of carbonyl (C=O) groups is 2. The van der Waals surface area contributed by atoms with Gasteiger partial charge in [-0.2, -0.15) is 0 Å². The van der Waals surface area contributed by atoms with Crippen LogP contribution in [0.5, 0.6) is 5.75 Å². The Bertz CT molecular complexity index is 833. The van der Waals surface area contributed by atoms with Crippen LogP contribution in [0, 0.1) is 5.92 Å². The lowest BCUT2D eigenvalue weighted by Gasteiger charge is -2.32. The molecule has 3 amide bonds. The Labute approximate surface area is 218 Å². The molecule has 2 rings (SSSR count). The number of amides is 3. The number of ether oxygens (including phenoxy) is 2. The van der Waals surface area contributed by atoms with Gasteiger partial charge in [0, 0.05) is 20.6 Å². The highest BCUT2D eigenvalue weighted by Crippen LogP contribution is 2.36. The quantitative estimate of drug-likeness (QED) is 0.465. The summed E-state index contributed by atoms with van der Waals surface area (Å²) in [5.74, 6) is 0.850. The molecule has 204 valence electrons. The number of benzene rings is 1. The van der Waals surface area contributed by atoms with Gasteiger partial charge in [-0.1, -0.05) is 32.9 Å². The number of imide groups is 1. The summed E-state index contributed by atoms with van der Waals surface area (Å²) in [5.41, 5.74) is -0.510. The molecule has 0 radical (unpaired) electrons. The Hall–Kier alpha value is -2.26. The summed E-state index contributed by atoms with van der Waals surface area (Å²) in [4.78, 5) is 27.5. The van der Waals surface area contributed by atoms with Crippen molar-refractivity contribution in [2.45, 2.75) is 92.5 Å². The number of hydrogen-bond donors (Lipinski definition) is 0. The second-order valence-corrected chi connectivity index (χ2v) is 11.2. The molecule has 1 aliphatic heterocycles. The molecule has 0 aromatic heterocycles. The summed E-state index contributed by atoms with van der Waals surface area (Å²) < 4.78 is 23.5. The van der Waals surface area contributed by atoms with Crippen LogP contribution in [0.15, 0.2) is 24.3 Å². The van der Waals surface area contributed by atoms with Gasteiger partial charge in [0.15, 0.2) is 0 Å². The van der Waals surface area contributed by atoms with Crippen molar-refractivity contribution in [1.29, 1.82) is 0 Å². The second kappa shape index (κ2) is 12.8. The van der Waals surface area contributed by atoms with E-state index < -0.39 is 24.8 Å². The SMILES string of the molecule is CC.CC(CCN(C(=O)OC(C)(C)C)C(=O)N(C)C)COc1ccc(B2OC(C)(C)C(C)(C)O2)cc1. The Balaban J connectivity index is 0.00000316. The van der Waals surface area contributed by atoms with Gasteiger partial charge in [-0.15, -0.1) is 0 Å². The van der Waals surface area contributed by atoms with Crippen LogP contribution in [0.3, 0.4) is 0 Å². The van der Waals surface area contributed by atoms with E-state index in [1.807, 2.05) is 72.7 Å². The van der Waals surface area contributed by atoms with Crippen molar-refractivity contribution in [3.05, 3.63) is 24.3 Å². The van der Waals surface area contributed by atoms with Crippen molar-refractivity contribution in [3.63, 3.8) is 0 Å². The molecule has 1 saturated heterocycles. The van der Waals surface area contributed by atoms with Gasteiger partial charge < -0.3 is 23.7 Å². The molecule has 0 spiro atoms. The van der Waals surface area contributed by atoms with Gasteiger partial charge in [-0.25, -0.2) is 14.5 Å². The monoisotopic (exact) mass is 506 g/mol. The Morgan fingerprint density at radius 3 is 1.94 bits per heavy atom. The predicted molar refractivity (Wildman–Crippen MR) is 145 cm³/mol. The Kier molecular flexibility index (Phi) is 11.3. The van der Waals surface area contributed by atoms with Crippen molar-refractivity contribution < 1.29 is 28.4 Å². The zero-order valence-electron chi connectivity index (χ0n) is 24.4. The van der Waals surface area contributed by atoms with Crippen LogP contribution in [-0.4, -0.2) is 73.1 Å². The minimum absolute atomic E-state index is 0.114. The Morgan fingerprint density at radius 2 is 1.50 bits per heavy atom. The van der Waals surface area contributed by atoms with E-state index in [9.17, 15) is 9.59 Å². The maximum atomic E-state index is 12.5. The highest BCUT2D eigenvalue weighted by molar-refractivity contribution is 6.62. The summed E-state index contributed by atoms with van der Waals surface area (Å²) in [6, 6.07) is 7.29. The molecule has 1 atom stereocenters. The summed E-state index contributed by atoms with van der Waals surface area (Å²) in [6.07, 6.45) is -0.0530. The van der Waals surface area contributed by atoms with E-state index in [1.54, 1.807) is 34.9 Å². The highest BCUT2D eigenvalue weighted by Gasteiger charge is 2.51. The molecular weight excluding hydrogens is 459 g/mol. The van der Waals surface area contributed by atoms with E-state index in [0.717, 1.165) is 16.1 Å². The lowest BCUT2D eigenvalue weighted by atomic mass is 9.79. The summed E-state index contributed by atoms with van der Waals surface area (Å²) >= 11 is 0. The van der Waals surface area contributed by atoms with E-state index in [0.29, 0.717) is 13.0 Å². The summed E-state index contributed by atoms with van der Waals surface area (Å²) in [6.45, 7) is 20.2. The van der Waals surface area contributed by atoms with Crippen LogP contribution in [0.2, 0.25) is 0 Å². The third-order valence-electron chi connectivity index (χ3n) is 6.01. The fourth-order valence-corrected chi connectivity index (χ4v) is 3.20. The number of rotatable bonds is 7. The van der Waals surface area contributed by atoms with Crippen LogP contribution >= 0.6 is 0 Å². The van der Waals surface area contributed by atoms with Crippen molar-refractivity contribution in [1.82, 2.24) is 9.80 Å². The first-order valence-corrected chi connectivity index (χ1v) is 12.8. The van der Waals surface area contributed by atoms with E-state index in [4.69, 9.17) is 18.8 Å². The third kappa shape index (κ3) is 9.00. The Morgan fingerprint density at radius 1 is 1.00 bits per heavy atom. The molecule has 8 nitrogen and oxygen atoms in total. The van der Waals surface area contributed by atoms with Gasteiger partial charge in [0.25, 0.3) is 0 Å². The van der Waals surface area contributed by atoms with Crippen LogP contribution < -0.4 is 10.2 Å². The van der Waals surface area contributed by atoms with E-state index >= 15 is 0 Å². The predicted octanol–water partition coefficient (Wildman–Crippen LogP) is 5.34. The lowest BCUT2D eigenvalue weighted by Crippen LogP contribution is -2.46. The lowest BCUT2D eigenvalue weighted by molar-refractivity contribution is 0.00578. The highest BCUT2D eigenvalue weighted by atomic mass is 16.7. The van der Waals surface area contributed by atoms with Crippen LogP contribution in [0.1, 0.15) is 75.7 Å². The van der Waals surface area contributed by atoms with Gasteiger partial charge in [0.1, 0.15) is 11.4 Å². The second-order valence-electron chi connectivity index (χ2n) is 11.2. The number of carbonyl (C=O) groups excluding carboxylic acids is 2. The molecule has 0 aliphatic carbocycles. The van der Waals surface area contributed by atoms with Crippen LogP contribution in [0.25, 0.3) is 0 Å². The zero-order chi connectivity index (χ0) is 27.9. The minimum atomic E-state index is -0.678. The topological polar surface area (TPSA) is 77.5 Å². The molecular formula is C27H47BN2O6. The maximum absolute atomic E-state index is 12.5. The van der Waals surface area contributed by atoms with E-state index in [-0.39, 0.29) is 23.7 Å². The zero-order valence-corrected chi connectivity index (χ0v) is 24.4. The first-order valence-electron chi connectivity index (χ1n) is 12.8. The van der Waals surface area contributed by atoms with E-state index in [2.05, 4.69) is 0 Å². The first kappa shape index (κ1) is 31.8. The van der Waals surface area contributed by atoms with Crippen molar-refractivity contribution in [3.8, 4) is 5.75 Å². The third-order valence-corrected chi connectivity index (χ3v) is 6.01. The standard InChI is InChI=1S/C25H41BN2O6.C2H6/c1-18(15-16-28(21(29)27(9)10)22(30)32-23(2,3)4)17-31-20-13-11-19(12-14-20)26-33-24(5,6)25(7,8)34-26;1-2/h11-14,18H,15-17H2,1-10H3;1-2H3. The molecule has 36 heavy (non-hydrogen) atoms. The van der Waals surface area contributed by atoms with Gasteiger partial charge >= 0.3 is 19.2 Å². The van der Waals surface area contributed by atoms with Crippen molar-refractivity contribution >= 4 is 24.7 Å². The average molecular weight is 506 g/mol. The normalized spacial score (nSPS) is 16.9. The van der Waals surface area contributed by atoms with Crippen LogP contribution in [-0.2, 0) is 14.0 Å². The minimum Gasteiger partial charge on any atom is -0.493 e. The van der Waals surface area contributed by atoms with E-state index in [1.165, 1.54) is 4.90 Å². The smallest absolute Gasteiger partial charge is 0.493 e. The fraction of sp³-hybridized carbons (Fsp3) is 0.704. The van der Waals surface area contributed by atoms with Gasteiger partial charge in [0.05, 0.1) is 17.8 Å². The number of urea groups is 1. The molecule has 1 unspecified atom stereocenters. The number of nitrogens with zero attached hydrogens (tertiary/aromatic N) is 2. The fourth-order valence-electron chi connectivity index (χ4n) is 3.20. The molecule has 0 N–H and O–H groups in total. The largest absolute Gasteiger partial charge is 0.494 e. The van der Waals surface area contributed by atoms with Crippen molar-refractivity contribution in [2.24, 2.45) is 5.92 Å². The molecule has 1 aliphatic rings. The summed E-state index contributed by atoms with van der Waals surface area (Å²) in [7, 11) is 2.81. The first-order chi connectivity index (χ1) is 16.5. The molecule has 0 saturated carbocycles. The molecule has 1 aromatic rings. The van der Waals surface area contributed by atoms with Crippen molar-refractivity contribution in [2.75, 3.05) is 27.2 Å². The maximum Gasteiger partial charge on any atom is 0.494 e. The van der Waals surface area contributed by atoms with Gasteiger partial charge in [-0.05, 0) is 78.4 Å². The molecule has 1 aromatic carbocycles. The molecule has 1 fully saturated rings. The molecule has 1 heterocycles. The average Bonchev–Trinajstić information content (AvgIpc) is 2.99. The van der Waals surface area contributed by atoms with Crippen LogP contribution in [0.4, 0.5) is 9.59 Å². The molecule has 0 bridgehead atoms. The summed E-state index contributed by atoms with van der Waals surface area (Å²) in [5, 5.41) is 0. The molecule has 9 heteroatoms. The van der Waals surface area contributed by atoms with Gasteiger partial charge in [0.2, 0.25) is 0 Å². The number of hydrogen-bond acceptors (Lipinski definition) is 6. The van der Waals surface area contributed by atoms with Gasteiger partial charge in [-0.3, -0.25) is 0 Å².